The van der Waals surface area contributed by atoms with E-state index >= 15 is 0 Å². The first-order chi connectivity index (χ1) is 9.05. The second kappa shape index (κ2) is 7.85. The highest BCUT2D eigenvalue weighted by molar-refractivity contribution is 5.80. The lowest BCUT2D eigenvalue weighted by atomic mass is 9.85. The van der Waals surface area contributed by atoms with E-state index in [0.29, 0.717) is 12.7 Å². The van der Waals surface area contributed by atoms with Gasteiger partial charge < -0.3 is 14.8 Å². The molecule has 0 amide bonds. The van der Waals surface area contributed by atoms with E-state index in [-0.39, 0.29) is 5.97 Å². The van der Waals surface area contributed by atoms with Crippen LogP contribution in [0.25, 0.3) is 0 Å². The van der Waals surface area contributed by atoms with E-state index < -0.39 is 5.54 Å². The number of nitrogens with one attached hydrogen (secondary N) is 1. The molecule has 0 aromatic carbocycles. The Labute approximate surface area is 117 Å². The SMILES string of the molecule is CCNC(C)(COC1CCCC(CC)C1)C(=O)OC. The predicted octanol–water partition coefficient (Wildman–Crippen LogP) is 2.51. The van der Waals surface area contributed by atoms with E-state index in [1.165, 1.54) is 26.4 Å². The number of likely N-dealkylation sites (N-methyl/N-ethyl adjacent to an activating group) is 1. The Morgan fingerprint density at radius 2 is 2.11 bits per heavy atom. The van der Waals surface area contributed by atoms with Gasteiger partial charge in [-0.2, -0.15) is 0 Å². The molecule has 1 aliphatic rings. The number of methoxy groups -OCH3 is 1. The molecular weight excluding hydrogens is 242 g/mol. The van der Waals surface area contributed by atoms with Gasteiger partial charge in [-0.15, -0.1) is 0 Å². The molecule has 1 aliphatic carbocycles. The van der Waals surface area contributed by atoms with Crippen LogP contribution >= 0.6 is 0 Å². The molecule has 3 atom stereocenters. The minimum atomic E-state index is -0.733. The number of hydrogen-bond donors (Lipinski definition) is 1. The third kappa shape index (κ3) is 4.77. The average Bonchev–Trinajstić information content (AvgIpc) is 2.44. The van der Waals surface area contributed by atoms with Crippen LogP contribution in [0.2, 0.25) is 0 Å². The van der Waals surface area contributed by atoms with Gasteiger partial charge in [0.05, 0.1) is 19.8 Å². The molecular formula is C15H29NO3. The summed E-state index contributed by atoms with van der Waals surface area (Å²) in [5.74, 6) is 0.527. The standard InChI is InChI=1S/C15H29NO3/c1-5-12-8-7-9-13(10-12)19-11-15(3,16-6-2)14(17)18-4/h12-13,16H,5-11H2,1-4H3. The zero-order chi connectivity index (χ0) is 14.3. The van der Waals surface area contributed by atoms with Crippen LogP contribution in [0.1, 0.15) is 52.9 Å². The highest BCUT2D eigenvalue weighted by Gasteiger charge is 2.35. The van der Waals surface area contributed by atoms with Crippen molar-refractivity contribution in [2.24, 2.45) is 5.92 Å². The number of ether oxygens (including phenoxy) is 2. The Hall–Kier alpha value is -0.610. The van der Waals surface area contributed by atoms with Gasteiger partial charge in [-0.1, -0.05) is 33.1 Å². The maximum Gasteiger partial charge on any atom is 0.328 e. The molecule has 0 aliphatic heterocycles. The highest BCUT2D eigenvalue weighted by atomic mass is 16.5. The van der Waals surface area contributed by atoms with Crippen molar-refractivity contribution >= 4 is 5.97 Å². The lowest BCUT2D eigenvalue weighted by molar-refractivity contribution is -0.152. The Morgan fingerprint density at radius 1 is 1.37 bits per heavy atom. The maximum atomic E-state index is 11.9. The van der Waals surface area contributed by atoms with Crippen molar-refractivity contribution in [2.75, 3.05) is 20.3 Å². The van der Waals surface area contributed by atoms with Crippen molar-refractivity contribution in [1.82, 2.24) is 5.32 Å². The molecule has 0 saturated heterocycles. The third-order valence-corrected chi connectivity index (χ3v) is 4.12. The molecule has 112 valence electrons. The monoisotopic (exact) mass is 271 g/mol. The van der Waals surface area contributed by atoms with Crippen molar-refractivity contribution in [3.63, 3.8) is 0 Å². The van der Waals surface area contributed by atoms with Gasteiger partial charge in [-0.3, -0.25) is 0 Å². The van der Waals surface area contributed by atoms with E-state index in [0.717, 1.165) is 25.3 Å². The summed E-state index contributed by atoms with van der Waals surface area (Å²) < 4.78 is 10.9. The fourth-order valence-electron chi connectivity index (χ4n) is 2.85. The molecule has 1 fully saturated rings. The van der Waals surface area contributed by atoms with E-state index in [1.54, 1.807) is 0 Å². The molecule has 1 N–H and O–H groups in total. The molecule has 0 bridgehead atoms. The topological polar surface area (TPSA) is 47.6 Å². The molecule has 1 rings (SSSR count). The van der Waals surface area contributed by atoms with Gasteiger partial charge in [-0.05, 0) is 32.2 Å². The fraction of sp³-hybridized carbons (Fsp3) is 0.933. The summed E-state index contributed by atoms with van der Waals surface area (Å²) in [6, 6.07) is 0. The summed E-state index contributed by atoms with van der Waals surface area (Å²) in [4.78, 5) is 11.9. The van der Waals surface area contributed by atoms with Crippen molar-refractivity contribution in [1.29, 1.82) is 0 Å². The van der Waals surface area contributed by atoms with Gasteiger partial charge in [0, 0.05) is 0 Å². The molecule has 0 aromatic heterocycles. The summed E-state index contributed by atoms with van der Waals surface area (Å²) in [6.45, 7) is 7.17. The van der Waals surface area contributed by atoms with Crippen LogP contribution in [0.4, 0.5) is 0 Å². The molecule has 0 heterocycles. The normalized spacial score (nSPS) is 26.7. The van der Waals surface area contributed by atoms with Crippen LogP contribution < -0.4 is 5.32 Å². The minimum Gasteiger partial charge on any atom is -0.468 e. The molecule has 1 saturated carbocycles. The zero-order valence-electron chi connectivity index (χ0n) is 12.8. The number of esters is 1. The van der Waals surface area contributed by atoms with Gasteiger partial charge in [0.2, 0.25) is 0 Å². The molecule has 0 radical (unpaired) electrons. The van der Waals surface area contributed by atoms with E-state index in [1.807, 2.05) is 13.8 Å². The minimum absolute atomic E-state index is 0.253. The Morgan fingerprint density at radius 3 is 2.68 bits per heavy atom. The van der Waals surface area contributed by atoms with Crippen LogP contribution in [0.3, 0.4) is 0 Å². The van der Waals surface area contributed by atoms with Crippen molar-refractivity contribution in [2.45, 2.75) is 64.5 Å². The summed E-state index contributed by atoms with van der Waals surface area (Å²) in [5, 5.41) is 3.17. The van der Waals surface area contributed by atoms with Crippen LogP contribution in [0.5, 0.6) is 0 Å². The van der Waals surface area contributed by atoms with E-state index in [2.05, 4.69) is 12.2 Å². The first-order valence-corrected chi connectivity index (χ1v) is 7.50. The third-order valence-electron chi connectivity index (χ3n) is 4.12. The van der Waals surface area contributed by atoms with Gasteiger partial charge in [0.15, 0.2) is 0 Å². The number of carbonyl (C=O) groups excluding carboxylic acids is 1. The Bertz CT molecular complexity index is 283. The fourth-order valence-corrected chi connectivity index (χ4v) is 2.85. The van der Waals surface area contributed by atoms with Crippen LogP contribution in [0, 0.1) is 5.92 Å². The van der Waals surface area contributed by atoms with Crippen molar-refractivity contribution in [3.05, 3.63) is 0 Å². The predicted molar refractivity (Wildman–Crippen MR) is 76.1 cm³/mol. The Balaban J connectivity index is 2.49. The van der Waals surface area contributed by atoms with E-state index in [9.17, 15) is 4.79 Å². The van der Waals surface area contributed by atoms with E-state index in [4.69, 9.17) is 9.47 Å². The average molecular weight is 271 g/mol. The molecule has 4 nitrogen and oxygen atoms in total. The first kappa shape index (κ1) is 16.4. The van der Waals surface area contributed by atoms with Crippen LogP contribution in [-0.4, -0.2) is 37.9 Å². The quantitative estimate of drug-likeness (QED) is 0.723. The summed E-state index contributed by atoms with van der Waals surface area (Å²) >= 11 is 0. The van der Waals surface area contributed by atoms with Gasteiger partial charge in [0.1, 0.15) is 5.54 Å². The summed E-state index contributed by atoms with van der Waals surface area (Å²) in [7, 11) is 1.42. The zero-order valence-corrected chi connectivity index (χ0v) is 12.8. The molecule has 4 heteroatoms. The largest absolute Gasteiger partial charge is 0.468 e. The molecule has 3 unspecified atom stereocenters. The smallest absolute Gasteiger partial charge is 0.328 e. The van der Waals surface area contributed by atoms with Crippen molar-refractivity contribution in [3.8, 4) is 0 Å². The second-order valence-corrected chi connectivity index (χ2v) is 5.73. The number of rotatable bonds is 7. The number of hydrogen-bond acceptors (Lipinski definition) is 4. The Kier molecular flexibility index (Phi) is 6.80. The second-order valence-electron chi connectivity index (χ2n) is 5.73. The lowest BCUT2D eigenvalue weighted by Crippen LogP contribution is -2.54. The maximum absolute atomic E-state index is 11.9. The van der Waals surface area contributed by atoms with Crippen LogP contribution in [0.15, 0.2) is 0 Å². The molecule has 0 aromatic rings. The molecule has 0 spiro atoms. The first-order valence-electron chi connectivity index (χ1n) is 7.50. The van der Waals surface area contributed by atoms with Gasteiger partial charge >= 0.3 is 5.97 Å². The molecule has 19 heavy (non-hydrogen) atoms. The van der Waals surface area contributed by atoms with Gasteiger partial charge in [0.25, 0.3) is 0 Å². The number of carbonyl (C=O) groups is 1. The summed E-state index contributed by atoms with van der Waals surface area (Å²) in [6.07, 6.45) is 6.31. The highest BCUT2D eigenvalue weighted by Crippen LogP contribution is 2.29. The van der Waals surface area contributed by atoms with Gasteiger partial charge in [-0.25, -0.2) is 4.79 Å². The lowest BCUT2D eigenvalue weighted by Gasteiger charge is -2.33. The van der Waals surface area contributed by atoms with Crippen LogP contribution in [-0.2, 0) is 14.3 Å². The summed E-state index contributed by atoms with van der Waals surface area (Å²) in [5.41, 5.74) is -0.733. The van der Waals surface area contributed by atoms with Crippen molar-refractivity contribution < 1.29 is 14.3 Å².